The molecule has 0 amide bonds. The van der Waals surface area contributed by atoms with Crippen LogP contribution in [-0.4, -0.2) is 15.7 Å². The van der Waals surface area contributed by atoms with E-state index >= 15 is 0 Å². The zero-order valence-electron chi connectivity index (χ0n) is 13.7. The molecule has 0 saturated heterocycles. The quantitative estimate of drug-likeness (QED) is 0.320. The highest BCUT2D eigenvalue weighted by Gasteiger charge is 2.00. The van der Waals surface area contributed by atoms with Gasteiger partial charge < -0.3 is 5.73 Å². The summed E-state index contributed by atoms with van der Waals surface area (Å²) in [7, 11) is 0. The molecular formula is C17H31N3S. The summed E-state index contributed by atoms with van der Waals surface area (Å²) in [5, 5.41) is 0.823. The Labute approximate surface area is 134 Å². The maximum atomic E-state index is 5.72. The van der Waals surface area contributed by atoms with E-state index in [4.69, 9.17) is 5.73 Å². The molecule has 1 aromatic rings. The normalized spacial score (nSPS) is 11.0. The van der Waals surface area contributed by atoms with Crippen molar-refractivity contribution < 1.29 is 0 Å². The average Bonchev–Trinajstić information content (AvgIpc) is 2.44. The molecule has 0 bridgehead atoms. The van der Waals surface area contributed by atoms with Crippen LogP contribution in [0, 0.1) is 6.92 Å². The van der Waals surface area contributed by atoms with E-state index in [0.717, 1.165) is 16.6 Å². The number of thioether (sulfide) groups is 1. The fourth-order valence-corrected chi connectivity index (χ4v) is 3.29. The molecule has 0 saturated carbocycles. The zero-order chi connectivity index (χ0) is 15.3. The fourth-order valence-electron chi connectivity index (χ4n) is 2.38. The van der Waals surface area contributed by atoms with Gasteiger partial charge in [-0.05, 0) is 13.3 Å². The predicted molar refractivity (Wildman–Crippen MR) is 93.7 cm³/mol. The molecule has 21 heavy (non-hydrogen) atoms. The van der Waals surface area contributed by atoms with Gasteiger partial charge in [0.25, 0.3) is 0 Å². The Morgan fingerprint density at radius 2 is 1.48 bits per heavy atom. The van der Waals surface area contributed by atoms with Crippen LogP contribution < -0.4 is 5.73 Å². The summed E-state index contributed by atoms with van der Waals surface area (Å²) in [6.07, 6.45) is 13.8. The third-order valence-electron chi connectivity index (χ3n) is 3.58. The first kappa shape index (κ1) is 18.3. The van der Waals surface area contributed by atoms with Crippen molar-refractivity contribution in [3.8, 4) is 0 Å². The van der Waals surface area contributed by atoms with Gasteiger partial charge in [-0.1, -0.05) is 76.5 Å². The molecule has 2 N–H and O–H groups in total. The summed E-state index contributed by atoms with van der Waals surface area (Å²) in [5.74, 6) is 1.67. The first-order valence-electron chi connectivity index (χ1n) is 8.46. The second kappa shape index (κ2) is 11.8. The van der Waals surface area contributed by atoms with Crippen LogP contribution in [0.2, 0.25) is 0 Å². The molecule has 0 unspecified atom stereocenters. The Morgan fingerprint density at radius 1 is 0.905 bits per heavy atom. The van der Waals surface area contributed by atoms with Crippen molar-refractivity contribution in [2.24, 2.45) is 0 Å². The van der Waals surface area contributed by atoms with E-state index in [9.17, 15) is 0 Å². The number of unbranched alkanes of at least 4 members (excludes halogenated alkanes) is 9. The number of anilines is 1. The van der Waals surface area contributed by atoms with Gasteiger partial charge in [0.2, 0.25) is 0 Å². The molecule has 0 aliphatic heterocycles. The number of nitrogens with two attached hydrogens (primary N) is 1. The topological polar surface area (TPSA) is 51.8 Å². The van der Waals surface area contributed by atoms with E-state index in [1.807, 2.05) is 13.0 Å². The van der Waals surface area contributed by atoms with Gasteiger partial charge in [-0.15, -0.1) is 0 Å². The van der Waals surface area contributed by atoms with Crippen molar-refractivity contribution in [2.75, 3.05) is 11.5 Å². The minimum Gasteiger partial charge on any atom is -0.384 e. The summed E-state index contributed by atoms with van der Waals surface area (Å²) in [4.78, 5) is 8.64. The molecule has 4 heteroatoms. The summed E-state index contributed by atoms with van der Waals surface area (Å²) < 4.78 is 0. The first-order chi connectivity index (χ1) is 10.2. The Bertz CT molecular complexity index is 362. The summed E-state index contributed by atoms with van der Waals surface area (Å²) in [5.41, 5.74) is 6.68. The van der Waals surface area contributed by atoms with Gasteiger partial charge in [0.15, 0.2) is 5.16 Å². The van der Waals surface area contributed by atoms with Crippen LogP contribution >= 0.6 is 11.8 Å². The van der Waals surface area contributed by atoms with Gasteiger partial charge in [-0.3, -0.25) is 0 Å². The third-order valence-corrected chi connectivity index (χ3v) is 4.52. The van der Waals surface area contributed by atoms with Gasteiger partial charge >= 0.3 is 0 Å². The molecule has 0 spiro atoms. The van der Waals surface area contributed by atoms with Crippen LogP contribution in [-0.2, 0) is 0 Å². The van der Waals surface area contributed by atoms with Crippen molar-refractivity contribution in [2.45, 2.75) is 83.2 Å². The number of hydrogen-bond acceptors (Lipinski definition) is 4. The fraction of sp³-hybridized carbons (Fsp3) is 0.765. The number of aryl methyl sites for hydroxylation is 1. The Kier molecular flexibility index (Phi) is 10.3. The molecule has 0 aliphatic carbocycles. The van der Waals surface area contributed by atoms with Crippen molar-refractivity contribution in [1.82, 2.24) is 9.97 Å². The van der Waals surface area contributed by atoms with E-state index in [1.54, 1.807) is 11.8 Å². The van der Waals surface area contributed by atoms with Crippen LogP contribution in [0.3, 0.4) is 0 Å². The van der Waals surface area contributed by atoms with Crippen molar-refractivity contribution >= 4 is 17.6 Å². The van der Waals surface area contributed by atoms with Crippen LogP contribution in [0.5, 0.6) is 0 Å². The number of rotatable bonds is 12. The monoisotopic (exact) mass is 309 g/mol. The summed E-state index contributed by atoms with van der Waals surface area (Å²) in [6, 6.07) is 1.81. The van der Waals surface area contributed by atoms with Crippen molar-refractivity contribution in [1.29, 1.82) is 0 Å². The molecule has 0 aromatic carbocycles. The standard InChI is InChI=1S/C17H31N3S/c1-3-4-5-6-7-8-9-10-11-12-13-21-17-19-15(2)14-16(18)20-17/h14H,3-13H2,1-2H3,(H2,18,19,20). The molecule has 120 valence electrons. The van der Waals surface area contributed by atoms with E-state index in [2.05, 4.69) is 16.9 Å². The highest BCUT2D eigenvalue weighted by molar-refractivity contribution is 7.99. The van der Waals surface area contributed by atoms with Crippen molar-refractivity contribution in [3.05, 3.63) is 11.8 Å². The molecular weight excluding hydrogens is 278 g/mol. The lowest BCUT2D eigenvalue weighted by atomic mass is 10.1. The molecule has 1 rings (SSSR count). The number of nitrogens with zero attached hydrogens (tertiary/aromatic N) is 2. The lowest BCUT2D eigenvalue weighted by molar-refractivity contribution is 0.563. The van der Waals surface area contributed by atoms with E-state index in [1.165, 1.54) is 64.2 Å². The van der Waals surface area contributed by atoms with Crippen molar-refractivity contribution in [3.63, 3.8) is 0 Å². The Balaban J connectivity index is 1.93. The smallest absolute Gasteiger partial charge is 0.189 e. The molecule has 0 fully saturated rings. The highest BCUT2D eigenvalue weighted by atomic mass is 32.2. The molecule has 0 radical (unpaired) electrons. The van der Waals surface area contributed by atoms with Crippen LogP contribution in [0.1, 0.15) is 76.8 Å². The van der Waals surface area contributed by atoms with Gasteiger partial charge in [0, 0.05) is 17.5 Å². The first-order valence-corrected chi connectivity index (χ1v) is 9.45. The lowest BCUT2D eigenvalue weighted by Gasteiger charge is -2.03. The van der Waals surface area contributed by atoms with Gasteiger partial charge in [-0.25, -0.2) is 9.97 Å². The van der Waals surface area contributed by atoms with E-state index in [0.29, 0.717) is 5.82 Å². The van der Waals surface area contributed by atoms with Gasteiger partial charge in [0.05, 0.1) is 0 Å². The zero-order valence-corrected chi connectivity index (χ0v) is 14.6. The second-order valence-corrected chi connectivity index (χ2v) is 6.81. The molecule has 0 aliphatic rings. The maximum Gasteiger partial charge on any atom is 0.189 e. The number of nitrogen functional groups attached to an aromatic ring is 1. The minimum atomic E-state index is 0.577. The number of hydrogen-bond donors (Lipinski definition) is 1. The van der Waals surface area contributed by atoms with Gasteiger partial charge in [0.1, 0.15) is 5.82 Å². The second-order valence-electron chi connectivity index (χ2n) is 5.75. The number of aromatic nitrogens is 2. The van der Waals surface area contributed by atoms with Crippen LogP contribution in [0.15, 0.2) is 11.2 Å². The van der Waals surface area contributed by atoms with Crippen LogP contribution in [0.25, 0.3) is 0 Å². The molecule has 1 heterocycles. The Hall–Kier alpha value is -0.770. The minimum absolute atomic E-state index is 0.577. The molecule has 0 atom stereocenters. The SMILES string of the molecule is CCCCCCCCCCCCSc1nc(C)cc(N)n1. The molecule has 3 nitrogen and oxygen atoms in total. The largest absolute Gasteiger partial charge is 0.384 e. The lowest BCUT2D eigenvalue weighted by Crippen LogP contribution is -1.97. The van der Waals surface area contributed by atoms with E-state index in [-0.39, 0.29) is 0 Å². The third kappa shape index (κ3) is 9.72. The van der Waals surface area contributed by atoms with Gasteiger partial charge in [-0.2, -0.15) is 0 Å². The van der Waals surface area contributed by atoms with E-state index < -0.39 is 0 Å². The highest BCUT2D eigenvalue weighted by Crippen LogP contribution is 2.18. The maximum absolute atomic E-state index is 5.72. The van der Waals surface area contributed by atoms with Crippen LogP contribution in [0.4, 0.5) is 5.82 Å². The molecule has 1 aromatic heterocycles. The summed E-state index contributed by atoms with van der Waals surface area (Å²) in [6.45, 7) is 4.23. The Morgan fingerprint density at radius 3 is 2.05 bits per heavy atom. The average molecular weight is 310 g/mol. The predicted octanol–water partition coefficient (Wildman–Crippen LogP) is 5.38. The summed E-state index contributed by atoms with van der Waals surface area (Å²) >= 11 is 1.72.